The molecule has 0 saturated heterocycles. The Morgan fingerprint density at radius 2 is 2.08 bits per heavy atom. The molecule has 0 unspecified atom stereocenters. The summed E-state index contributed by atoms with van der Waals surface area (Å²) in [5.41, 5.74) is 7.02. The molecule has 1 aliphatic heterocycles. The van der Waals surface area contributed by atoms with E-state index in [9.17, 15) is 14.7 Å². The van der Waals surface area contributed by atoms with Crippen LogP contribution in [0.2, 0.25) is 0 Å². The van der Waals surface area contributed by atoms with Crippen molar-refractivity contribution in [2.75, 3.05) is 12.3 Å². The van der Waals surface area contributed by atoms with E-state index in [1.807, 2.05) is 0 Å². The Hall–Kier alpha value is -2.50. The zero-order valence-corrected chi connectivity index (χ0v) is 15.1. The maximum atomic E-state index is 12.4. The second-order valence-corrected chi connectivity index (χ2v) is 6.74. The number of amides is 1. The number of rotatable bonds is 2. The number of aliphatic carboxylic acids is 1. The number of carbonyl (C=O) groups excluding carboxylic acids is 1. The van der Waals surface area contributed by atoms with Gasteiger partial charge in [-0.15, -0.1) is 0 Å². The Labute approximate surface area is 163 Å². The fourth-order valence-corrected chi connectivity index (χ4v) is 2.68. The van der Waals surface area contributed by atoms with Crippen molar-refractivity contribution < 1.29 is 39.7 Å². The first-order valence-electron chi connectivity index (χ1n) is 7.69. The van der Waals surface area contributed by atoms with Crippen molar-refractivity contribution in [1.29, 1.82) is 0 Å². The quantitative estimate of drug-likeness (QED) is 0.631. The number of fused-ring (bicyclic) bond motifs is 1. The molecule has 3 rings (SSSR count). The molecule has 2 aromatic heterocycles. The first kappa shape index (κ1) is 19.8. The molecule has 1 aliphatic rings. The summed E-state index contributed by atoms with van der Waals surface area (Å²) < 4.78 is 6.89. The molecule has 1 amide bonds. The van der Waals surface area contributed by atoms with Crippen LogP contribution < -0.4 is 24.6 Å². The van der Waals surface area contributed by atoms with Crippen LogP contribution in [0, 0.1) is 0 Å². The van der Waals surface area contributed by atoms with Crippen molar-refractivity contribution in [2.24, 2.45) is 0 Å². The van der Waals surface area contributed by atoms with Gasteiger partial charge in [0.2, 0.25) is 0 Å². The van der Waals surface area contributed by atoms with Crippen molar-refractivity contribution in [2.45, 2.75) is 32.4 Å². The number of carboxylic acid groups (broad SMARTS) is 1. The molecule has 26 heavy (non-hydrogen) atoms. The molecule has 0 fully saturated rings. The Morgan fingerprint density at radius 3 is 2.69 bits per heavy atom. The van der Waals surface area contributed by atoms with E-state index in [4.69, 9.17) is 10.5 Å². The number of nitrogens with two attached hydrogens (primary N) is 1. The van der Waals surface area contributed by atoms with Gasteiger partial charge in [-0.25, -0.2) is 19.1 Å². The molecule has 0 spiro atoms. The Morgan fingerprint density at radius 1 is 1.38 bits per heavy atom. The minimum atomic E-state index is -1.13. The molecule has 134 valence electrons. The summed E-state index contributed by atoms with van der Waals surface area (Å²) in [6, 6.07) is 2.41. The zero-order chi connectivity index (χ0) is 18.4. The minimum absolute atomic E-state index is 0. The van der Waals surface area contributed by atoms with Gasteiger partial charge in [0.15, 0.2) is 11.9 Å². The molecule has 1 atom stereocenters. The molecular weight excluding hydrogens is 333 g/mol. The van der Waals surface area contributed by atoms with E-state index >= 15 is 0 Å². The van der Waals surface area contributed by atoms with Crippen LogP contribution in [0.1, 0.15) is 27.9 Å². The molecule has 0 bridgehead atoms. The fourth-order valence-electron chi connectivity index (χ4n) is 2.68. The smallest absolute Gasteiger partial charge is 1.00 e. The number of ether oxygens (including phenoxy) is 1. The number of hydrogen-bond donors (Lipinski definition) is 2. The van der Waals surface area contributed by atoms with Gasteiger partial charge >= 0.3 is 30.9 Å². The topological polar surface area (TPSA) is 123 Å². The van der Waals surface area contributed by atoms with E-state index < -0.39 is 23.7 Å². The average Bonchev–Trinajstić information content (AvgIpc) is 3.09. The van der Waals surface area contributed by atoms with Crippen LogP contribution in [0.15, 0.2) is 24.5 Å². The van der Waals surface area contributed by atoms with E-state index in [0.29, 0.717) is 22.6 Å². The van der Waals surface area contributed by atoms with Gasteiger partial charge in [-0.05, 0) is 44.6 Å². The van der Waals surface area contributed by atoms with Gasteiger partial charge in [0.1, 0.15) is 17.4 Å². The third-order valence-electron chi connectivity index (χ3n) is 3.73. The van der Waals surface area contributed by atoms with Crippen LogP contribution in [0.3, 0.4) is 0 Å². The second kappa shape index (κ2) is 7.02. The monoisotopic (exact) mass is 353 g/mol. The molecular formula is C16H20LiN5O4. The fraction of sp³-hybridized carbons (Fsp3) is 0.375. The molecule has 0 saturated carbocycles. The van der Waals surface area contributed by atoms with E-state index in [1.54, 1.807) is 37.4 Å². The molecule has 10 heteroatoms. The van der Waals surface area contributed by atoms with Crippen LogP contribution in [0.4, 0.5) is 10.6 Å². The predicted octanol–water partition coefficient (Wildman–Crippen LogP) is -1.48. The zero-order valence-electron chi connectivity index (χ0n) is 16.1. The number of aromatic nitrogens is 3. The Bertz CT molecular complexity index is 893. The van der Waals surface area contributed by atoms with E-state index in [1.165, 1.54) is 17.3 Å². The van der Waals surface area contributed by atoms with Crippen LogP contribution in [-0.4, -0.2) is 54.9 Å². The summed E-state index contributed by atoms with van der Waals surface area (Å²) in [6.45, 7) is 5.28. The van der Waals surface area contributed by atoms with Crippen molar-refractivity contribution in [3.63, 3.8) is 0 Å². The Balaban J connectivity index is 0.00000182. The van der Waals surface area contributed by atoms with Gasteiger partial charge in [-0.3, -0.25) is 4.90 Å². The minimum Gasteiger partial charge on any atom is -1.00 e. The number of carbonyl (C=O) groups is 2. The molecule has 9 nitrogen and oxygen atoms in total. The first-order valence-corrected chi connectivity index (χ1v) is 7.69. The van der Waals surface area contributed by atoms with E-state index in [2.05, 4.69) is 10.1 Å². The largest absolute Gasteiger partial charge is 1.00 e. The van der Waals surface area contributed by atoms with Gasteiger partial charge in [-0.2, -0.15) is 5.10 Å². The molecule has 0 aromatic carbocycles. The second-order valence-electron chi connectivity index (χ2n) is 6.74. The summed E-state index contributed by atoms with van der Waals surface area (Å²) in [6.07, 6.45) is 2.16. The third-order valence-corrected chi connectivity index (χ3v) is 3.73. The standard InChI is InChI=1S/C16H19N5O4.Li.H/c1-16(2,3)25-15(24)20-7-9(6-12(20)14(22)23)10-4-5-11-13(17)18-8-19-21(10)11;;/h4-6,8,12H,7H2,1-3H3,(H,22,23)(H2,17,18,19);;/q;+1;-1/t12-;;/m0../s1. The molecule has 0 aliphatic carbocycles. The number of nitrogen functional groups attached to an aromatic ring is 1. The van der Waals surface area contributed by atoms with Crippen molar-refractivity contribution in [3.8, 4) is 0 Å². The molecule has 0 radical (unpaired) electrons. The predicted molar refractivity (Wildman–Crippen MR) is 90.9 cm³/mol. The van der Waals surface area contributed by atoms with Crippen LogP contribution in [0.25, 0.3) is 11.1 Å². The first-order chi connectivity index (χ1) is 11.7. The number of hydrogen-bond acceptors (Lipinski definition) is 6. The third kappa shape index (κ3) is 3.69. The Kier molecular flexibility index (Phi) is 5.35. The SMILES string of the molecule is CC(C)(C)OC(=O)N1CC(c2ccc3c(N)ncnn23)=C[C@H]1C(=O)O.[H-].[Li+]. The van der Waals surface area contributed by atoms with Crippen LogP contribution >= 0.6 is 0 Å². The van der Waals surface area contributed by atoms with Gasteiger partial charge < -0.3 is 17.0 Å². The van der Waals surface area contributed by atoms with Gasteiger partial charge in [-0.1, -0.05) is 0 Å². The average molecular weight is 353 g/mol. The van der Waals surface area contributed by atoms with Crippen LogP contribution in [-0.2, 0) is 9.53 Å². The van der Waals surface area contributed by atoms with Gasteiger partial charge in [0, 0.05) is 0 Å². The summed E-state index contributed by atoms with van der Waals surface area (Å²) >= 11 is 0. The summed E-state index contributed by atoms with van der Waals surface area (Å²) in [5, 5.41) is 13.6. The summed E-state index contributed by atoms with van der Waals surface area (Å²) in [4.78, 5) is 29.0. The summed E-state index contributed by atoms with van der Waals surface area (Å²) in [5.74, 6) is -0.811. The number of carboxylic acids is 1. The van der Waals surface area contributed by atoms with Crippen molar-refractivity contribution >= 4 is 29.0 Å². The van der Waals surface area contributed by atoms with Crippen molar-refractivity contribution in [3.05, 3.63) is 30.2 Å². The molecule has 3 N–H and O–H groups in total. The normalized spacial score (nSPS) is 17.0. The molecule has 3 heterocycles. The van der Waals surface area contributed by atoms with Gasteiger partial charge in [0.25, 0.3) is 0 Å². The number of anilines is 1. The van der Waals surface area contributed by atoms with E-state index in [0.717, 1.165) is 0 Å². The number of nitrogens with zero attached hydrogens (tertiary/aromatic N) is 4. The van der Waals surface area contributed by atoms with Crippen molar-refractivity contribution in [1.82, 2.24) is 19.5 Å². The molecule has 2 aromatic rings. The van der Waals surface area contributed by atoms with Gasteiger partial charge in [0.05, 0.1) is 12.2 Å². The van der Waals surface area contributed by atoms with Crippen LogP contribution in [0.5, 0.6) is 0 Å². The maximum Gasteiger partial charge on any atom is 1.00 e. The van der Waals surface area contributed by atoms with E-state index in [-0.39, 0.29) is 26.8 Å². The maximum absolute atomic E-state index is 12.4. The summed E-state index contributed by atoms with van der Waals surface area (Å²) in [7, 11) is 0.